The van der Waals surface area contributed by atoms with Crippen LogP contribution in [0.4, 0.5) is 0 Å². The summed E-state index contributed by atoms with van der Waals surface area (Å²) in [5.74, 6) is 0. The van der Waals surface area contributed by atoms with E-state index in [0.717, 1.165) is 5.06 Å². The van der Waals surface area contributed by atoms with Crippen molar-refractivity contribution in [3.63, 3.8) is 0 Å². The molecule has 0 spiro atoms. The first-order valence-corrected chi connectivity index (χ1v) is 3.58. The fourth-order valence-electron chi connectivity index (χ4n) is 1.49. The Morgan fingerprint density at radius 3 is 1.90 bits per heavy atom. The van der Waals surface area contributed by atoms with Crippen molar-refractivity contribution in [1.82, 2.24) is 10.4 Å². The molecule has 1 aliphatic rings. The minimum atomic E-state index is -0.385. The predicted molar refractivity (Wildman–Crippen MR) is 41.4 cm³/mol. The summed E-state index contributed by atoms with van der Waals surface area (Å²) in [6, 6.07) is 0. The molecule has 0 unspecified atom stereocenters. The number of nitrogens with zero attached hydrogens (tertiary/aromatic N) is 1. The first-order chi connectivity index (χ1) is 4.33. The van der Waals surface area contributed by atoms with Crippen molar-refractivity contribution in [2.75, 3.05) is 6.54 Å². The quantitative estimate of drug-likeness (QED) is 0.547. The van der Waals surface area contributed by atoms with Crippen LogP contribution in [-0.2, 0) is 0 Å². The highest BCUT2D eigenvalue weighted by molar-refractivity contribution is 4.99. The second-order valence-electron chi connectivity index (χ2n) is 4.10. The highest BCUT2D eigenvalue weighted by Crippen LogP contribution is 2.24. The molecule has 1 saturated heterocycles. The molecule has 3 nitrogen and oxygen atoms in total. The molecule has 1 rings (SSSR count). The zero-order valence-electron chi connectivity index (χ0n) is 7.06. The molecular weight excluding hydrogens is 128 g/mol. The van der Waals surface area contributed by atoms with E-state index in [9.17, 15) is 5.21 Å². The van der Waals surface area contributed by atoms with E-state index in [-0.39, 0.29) is 11.2 Å². The lowest BCUT2D eigenvalue weighted by Crippen LogP contribution is -2.46. The van der Waals surface area contributed by atoms with E-state index in [2.05, 4.69) is 5.32 Å². The topological polar surface area (TPSA) is 38.3 Å². The molecule has 0 atom stereocenters. The first kappa shape index (κ1) is 7.98. The average molecular weight is 143 g/mol. The number of hydrogen-bond acceptors (Lipinski definition) is 3. The van der Waals surface area contributed by atoms with E-state index in [1.807, 2.05) is 27.7 Å². The van der Waals surface area contributed by atoms with Crippen LogP contribution in [0.1, 0.15) is 27.7 Å². The molecule has 0 aromatic carbocycles. The Bertz CT molecular complexity index is 143. The minimum Gasteiger partial charge on any atom is -0.784 e. The number of nitrogens with one attached hydrogen (secondary N) is 1. The molecule has 1 N–H and O–H groups in total. The number of hydrogen-bond donors (Lipinski definition) is 1. The molecule has 1 heterocycles. The van der Waals surface area contributed by atoms with Gasteiger partial charge in [-0.3, -0.25) is 5.32 Å². The van der Waals surface area contributed by atoms with Gasteiger partial charge in [-0.15, -0.1) is 0 Å². The Morgan fingerprint density at radius 2 is 1.80 bits per heavy atom. The third-order valence-electron chi connectivity index (χ3n) is 1.81. The molecule has 0 bridgehead atoms. The van der Waals surface area contributed by atoms with E-state index < -0.39 is 0 Å². The van der Waals surface area contributed by atoms with Crippen molar-refractivity contribution in [2.24, 2.45) is 0 Å². The van der Waals surface area contributed by atoms with Gasteiger partial charge in [-0.25, -0.2) is 0 Å². The SMILES string of the molecule is CC1(C)CN([O-])C(C)(C)N1. The van der Waals surface area contributed by atoms with Gasteiger partial charge in [0.2, 0.25) is 0 Å². The lowest BCUT2D eigenvalue weighted by molar-refractivity contribution is 0.224. The van der Waals surface area contributed by atoms with Crippen LogP contribution in [0, 0.1) is 5.21 Å². The Kier molecular flexibility index (Phi) is 1.54. The Morgan fingerprint density at radius 1 is 1.30 bits per heavy atom. The molecule has 1 fully saturated rings. The van der Waals surface area contributed by atoms with Crippen molar-refractivity contribution >= 4 is 0 Å². The minimum absolute atomic E-state index is 0.0365. The molecule has 1 aliphatic heterocycles. The Labute approximate surface area is 62.0 Å². The number of rotatable bonds is 0. The van der Waals surface area contributed by atoms with Gasteiger partial charge in [0.05, 0.1) is 5.66 Å². The summed E-state index contributed by atoms with van der Waals surface area (Å²) < 4.78 is 0. The Balaban J connectivity index is 2.71. The van der Waals surface area contributed by atoms with Gasteiger partial charge in [-0.05, 0) is 27.7 Å². The van der Waals surface area contributed by atoms with E-state index >= 15 is 0 Å². The summed E-state index contributed by atoms with van der Waals surface area (Å²) in [6.07, 6.45) is 0. The zero-order valence-corrected chi connectivity index (χ0v) is 7.06. The maximum absolute atomic E-state index is 11.2. The zero-order chi connectivity index (χ0) is 7.99. The second kappa shape index (κ2) is 1.94. The fourth-order valence-corrected chi connectivity index (χ4v) is 1.49. The lowest BCUT2D eigenvalue weighted by Gasteiger charge is -2.36. The van der Waals surface area contributed by atoms with Gasteiger partial charge in [0.25, 0.3) is 0 Å². The molecule has 0 aromatic rings. The van der Waals surface area contributed by atoms with Gasteiger partial charge < -0.3 is 10.3 Å². The summed E-state index contributed by atoms with van der Waals surface area (Å²) in [5.41, 5.74) is -0.422. The van der Waals surface area contributed by atoms with E-state index in [0.29, 0.717) is 6.54 Å². The van der Waals surface area contributed by atoms with Crippen molar-refractivity contribution in [2.45, 2.75) is 38.9 Å². The van der Waals surface area contributed by atoms with Gasteiger partial charge in [0, 0.05) is 12.1 Å². The molecule has 0 radical (unpaired) electrons. The van der Waals surface area contributed by atoms with Crippen LogP contribution < -0.4 is 5.32 Å². The number of hydroxylamine groups is 2. The molecule has 10 heavy (non-hydrogen) atoms. The first-order valence-electron chi connectivity index (χ1n) is 3.58. The molecule has 0 saturated carbocycles. The van der Waals surface area contributed by atoms with Crippen LogP contribution in [0.3, 0.4) is 0 Å². The van der Waals surface area contributed by atoms with Gasteiger partial charge in [-0.1, -0.05) is 0 Å². The van der Waals surface area contributed by atoms with Gasteiger partial charge in [0.15, 0.2) is 0 Å². The molecule has 0 amide bonds. The van der Waals surface area contributed by atoms with Crippen LogP contribution in [0.25, 0.3) is 0 Å². The molecule has 0 aliphatic carbocycles. The van der Waals surface area contributed by atoms with Gasteiger partial charge in [-0.2, -0.15) is 0 Å². The highest BCUT2D eigenvalue weighted by atomic mass is 16.5. The van der Waals surface area contributed by atoms with Gasteiger partial charge >= 0.3 is 0 Å². The maximum atomic E-state index is 11.2. The molecule has 60 valence electrons. The third-order valence-corrected chi connectivity index (χ3v) is 1.81. The highest BCUT2D eigenvalue weighted by Gasteiger charge is 2.36. The molecular formula is C7H15N2O-. The van der Waals surface area contributed by atoms with E-state index in [4.69, 9.17) is 0 Å². The van der Waals surface area contributed by atoms with Crippen LogP contribution in [0.15, 0.2) is 0 Å². The normalized spacial score (nSPS) is 30.9. The lowest BCUT2D eigenvalue weighted by atomic mass is 10.1. The smallest absolute Gasteiger partial charge is 0.0545 e. The van der Waals surface area contributed by atoms with Crippen LogP contribution in [0.2, 0.25) is 0 Å². The fraction of sp³-hybridized carbons (Fsp3) is 1.00. The van der Waals surface area contributed by atoms with Crippen molar-refractivity contribution in [3.8, 4) is 0 Å². The third kappa shape index (κ3) is 1.31. The standard InChI is InChI=1S/C7H15N2O/c1-6(2)5-9(10)7(3,4)8-6/h8H,5H2,1-4H3/q-1. The molecule has 0 aromatic heterocycles. The van der Waals surface area contributed by atoms with Crippen LogP contribution in [-0.4, -0.2) is 22.8 Å². The van der Waals surface area contributed by atoms with Gasteiger partial charge in [0.1, 0.15) is 0 Å². The van der Waals surface area contributed by atoms with Crippen LogP contribution in [0.5, 0.6) is 0 Å². The van der Waals surface area contributed by atoms with Crippen molar-refractivity contribution in [1.29, 1.82) is 0 Å². The largest absolute Gasteiger partial charge is 0.784 e. The summed E-state index contributed by atoms with van der Waals surface area (Å²) >= 11 is 0. The molecule has 3 heteroatoms. The maximum Gasteiger partial charge on any atom is 0.0545 e. The van der Waals surface area contributed by atoms with Crippen molar-refractivity contribution < 1.29 is 0 Å². The van der Waals surface area contributed by atoms with E-state index in [1.54, 1.807) is 0 Å². The monoisotopic (exact) mass is 143 g/mol. The van der Waals surface area contributed by atoms with Crippen LogP contribution >= 0.6 is 0 Å². The summed E-state index contributed by atoms with van der Waals surface area (Å²) in [4.78, 5) is 0. The summed E-state index contributed by atoms with van der Waals surface area (Å²) in [6.45, 7) is 8.43. The second-order valence-corrected chi connectivity index (χ2v) is 4.10. The average Bonchev–Trinajstić information content (AvgIpc) is 1.73. The summed E-state index contributed by atoms with van der Waals surface area (Å²) in [7, 11) is 0. The predicted octanol–water partition coefficient (Wildman–Crippen LogP) is 0.904. The Hall–Kier alpha value is -0.120. The van der Waals surface area contributed by atoms with Crippen molar-refractivity contribution in [3.05, 3.63) is 5.21 Å². The van der Waals surface area contributed by atoms with E-state index in [1.165, 1.54) is 0 Å². The summed E-state index contributed by atoms with van der Waals surface area (Å²) in [5, 5.41) is 15.5.